The molecule has 1 aromatic heterocycles. The first-order valence-corrected chi connectivity index (χ1v) is 7.67. The molecule has 0 amide bonds. The average Bonchev–Trinajstić information content (AvgIpc) is 2.57. The minimum absolute atomic E-state index is 0.0350. The third kappa shape index (κ3) is 2.45. The van der Waals surface area contributed by atoms with Crippen molar-refractivity contribution < 1.29 is 13.9 Å². The third-order valence-corrected chi connectivity index (χ3v) is 4.37. The van der Waals surface area contributed by atoms with Crippen LogP contribution in [0.1, 0.15) is 0 Å². The standard InChI is InChI=1S/C17H13IO4/c1-20-13-8-7-10(9-14(13)21-2)17-15(18)16(19)11-5-3-4-6-12(11)22-17/h3-9H,1-2H3. The van der Waals surface area contributed by atoms with Gasteiger partial charge in [-0.25, -0.2) is 0 Å². The highest BCUT2D eigenvalue weighted by Crippen LogP contribution is 2.34. The van der Waals surface area contributed by atoms with Gasteiger partial charge in [0, 0.05) is 5.56 Å². The van der Waals surface area contributed by atoms with Crippen LogP contribution in [0.3, 0.4) is 0 Å². The van der Waals surface area contributed by atoms with Gasteiger partial charge >= 0.3 is 0 Å². The van der Waals surface area contributed by atoms with Gasteiger partial charge in [0.2, 0.25) is 5.43 Å². The second-order valence-electron chi connectivity index (χ2n) is 4.64. The second kappa shape index (κ2) is 6.00. The van der Waals surface area contributed by atoms with Gasteiger partial charge in [-0.3, -0.25) is 4.79 Å². The molecule has 0 aliphatic heterocycles. The summed E-state index contributed by atoms with van der Waals surface area (Å²) < 4.78 is 17.0. The van der Waals surface area contributed by atoms with Crippen LogP contribution < -0.4 is 14.9 Å². The van der Waals surface area contributed by atoms with Gasteiger partial charge in [0.05, 0.1) is 19.6 Å². The maximum atomic E-state index is 12.5. The zero-order chi connectivity index (χ0) is 15.7. The zero-order valence-corrected chi connectivity index (χ0v) is 14.2. The minimum Gasteiger partial charge on any atom is -0.493 e. The second-order valence-corrected chi connectivity index (χ2v) is 5.72. The Bertz CT molecular complexity index is 899. The Labute approximate surface area is 140 Å². The summed E-state index contributed by atoms with van der Waals surface area (Å²) in [5.41, 5.74) is 1.30. The predicted molar refractivity (Wildman–Crippen MR) is 93.7 cm³/mol. The summed E-state index contributed by atoms with van der Waals surface area (Å²) in [5, 5.41) is 0.580. The topological polar surface area (TPSA) is 48.7 Å². The Balaban J connectivity index is 2.26. The van der Waals surface area contributed by atoms with Crippen molar-refractivity contribution in [3.8, 4) is 22.8 Å². The number of para-hydroxylation sites is 1. The van der Waals surface area contributed by atoms with Crippen molar-refractivity contribution in [3.05, 3.63) is 56.3 Å². The fourth-order valence-corrected chi connectivity index (χ4v) is 2.99. The summed E-state index contributed by atoms with van der Waals surface area (Å²) in [4.78, 5) is 12.5. The Morgan fingerprint density at radius 2 is 1.73 bits per heavy atom. The maximum absolute atomic E-state index is 12.5. The Hall–Kier alpha value is -2.02. The highest BCUT2D eigenvalue weighted by molar-refractivity contribution is 14.1. The number of rotatable bonds is 3. The number of hydrogen-bond donors (Lipinski definition) is 0. The fourth-order valence-electron chi connectivity index (χ4n) is 2.28. The van der Waals surface area contributed by atoms with Gasteiger partial charge in [0.15, 0.2) is 17.3 Å². The molecule has 5 heteroatoms. The van der Waals surface area contributed by atoms with E-state index < -0.39 is 0 Å². The molecule has 0 saturated heterocycles. The van der Waals surface area contributed by atoms with E-state index in [9.17, 15) is 4.79 Å². The molecule has 2 aromatic carbocycles. The van der Waals surface area contributed by atoms with Crippen LogP contribution in [0.2, 0.25) is 0 Å². The van der Waals surface area contributed by atoms with Gasteiger partial charge < -0.3 is 13.9 Å². The molecule has 1 heterocycles. The van der Waals surface area contributed by atoms with E-state index >= 15 is 0 Å². The van der Waals surface area contributed by atoms with Crippen molar-refractivity contribution >= 4 is 33.6 Å². The monoisotopic (exact) mass is 408 g/mol. The number of methoxy groups -OCH3 is 2. The highest BCUT2D eigenvalue weighted by atomic mass is 127. The maximum Gasteiger partial charge on any atom is 0.206 e. The molecule has 22 heavy (non-hydrogen) atoms. The molecule has 0 radical (unpaired) electrons. The van der Waals surface area contributed by atoms with E-state index in [1.807, 2.05) is 40.8 Å². The van der Waals surface area contributed by atoms with Gasteiger partial charge in [0.1, 0.15) is 9.15 Å². The summed E-state index contributed by atoms with van der Waals surface area (Å²) in [6, 6.07) is 12.7. The molecule has 0 aliphatic rings. The lowest BCUT2D eigenvalue weighted by atomic mass is 10.1. The lowest BCUT2D eigenvalue weighted by Gasteiger charge is -2.10. The van der Waals surface area contributed by atoms with E-state index in [0.29, 0.717) is 31.8 Å². The molecule has 0 aliphatic carbocycles. The van der Waals surface area contributed by atoms with E-state index in [-0.39, 0.29) is 5.43 Å². The van der Waals surface area contributed by atoms with Crippen molar-refractivity contribution in [2.24, 2.45) is 0 Å². The van der Waals surface area contributed by atoms with E-state index in [1.54, 1.807) is 38.5 Å². The van der Waals surface area contributed by atoms with Crippen molar-refractivity contribution in [2.75, 3.05) is 14.2 Å². The Morgan fingerprint density at radius 3 is 2.45 bits per heavy atom. The van der Waals surface area contributed by atoms with E-state index in [2.05, 4.69) is 0 Å². The van der Waals surface area contributed by atoms with Gasteiger partial charge in [-0.1, -0.05) is 12.1 Å². The highest BCUT2D eigenvalue weighted by Gasteiger charge is 2.15. The molecular weight excluding hydrogens is 395 g/mol. The molecule has 4 nitrogen and oxygen atoms in total. The quantitative estimate of drug-likeness (QED) is 0.613. The van der Waals surface area contributed by atoms with Crippen LogP contribution in [-0.4, -0.2) is 14.2 Å². The molecule has 0 N–H and O–H groups in total. The molecule has 3 rings (SSSR count). The molecule has 0 saturated carbocycles. The van der Waals surface area contributed by atoms with Gasteiger partial charge in [-0.2, -0.15) is 0 Å². The van der Waals surface area contributed by atoms with Crippen molar-refractivity contribution in [3.63, 3.8) is 0 Å². The van der Waals surface area contributed by atoms with Crippen molar-refractivity contribution in [2.45, 2.75) is 0 Å². The van der Waals surface area contributed by atoms with Gasteiger partial charge in [-0.15, -0.1) is 0 Å². The summed E-state index contributed by atoms with van der Waals surface area (Å²) in [6.07, 6.45) is 0. The van der Waals surface area contributed by atoms with Crippen LogP contribution in [0.25, 0.3) is 22.3 Å². The SMILES string of the molecule is COc1ccc(-c2oc3ccccc3c(=O)c2I)cc1OC. The van der Waals surface area contributed by atoms with Crippen molar-refractivity contribution in [1.82, 2.24) is 0 Å². The summed E-state index contributed by atoms with van der Waals surface area (Å²) in [6.45, 7) is 0. The van der Waals surface area contributed by atoms with E-state index in [4.69, 9.17) is 13.9 Å². The first kappa shape index (κ1) is 14.9. The molecule has 112 valence electrons. The van der Waals surface area contributed by atoms with Crippen molar-refractivity contribution in [1.29, 1.82) is 0 Å². The van der Waals surface area contributed by atoms with Crippen LogP contribution in [0, 0.1) is 3.57 Å². The minimum atomic E-state index is -0.0350. The molecule has 0 fully saturated rings. The number of halogens is 1. The van der Waals surface area contributed by atoms with Gasteiger partial charge in [0.25, 0.3) is 0 Å². The average molecular weight is 408 g/mol. The predicted octanol–water partition coefficient (Wildman–Crippen LogP) is 4.08. The summed E-state index contributed by atoms with van der Waals surface area (Å²) in [7, 11) is 3.15. The largest absolute Gasteiger partial charge is 0.493 e. The fraction of sp³-hybridized carbons (Fsp3) is 0.118. The number of fused-ring (bicyclic) bond motifs is 1. The first-order valence-electron chi connectivity index (χ1n) is 6.59. The number of ether oxygens (including phenoxy) is 2. The summed E-state index contributed by atoms with van der Waals surface area (Å²) >= 11 is 2.02. The van der Waals surface area contributed by atoms with Gasteiger partial charge in [-0.05, 0) is 52.9 Å². The molecule has 3 aromatic rings. The molecule has 0 unspecified atom stereocenters. The Morgan fingerprint density at radius 1 is 1.00 bits per heavy atom. The molecule has 0 atom stereocenters. The van der Waals surface area contributed by atoms with Crippen LogP contribution in [0.15, 0.2) is 51.7 Å². The summed E-state index contributed by atoms with van der Waals surface area (Å²) in [5.74, 6) is 1.75. The smallest absolute Gasteiger partial charge is 0.206 e. The molecule has 0 bridgehead atoms. The Kier molecular flexibility index (Phi) is 4.06. The van der Waals surface area contributed by atoms with Crippen LogP contribution in [0.4, 0.5) is 0 Å². The first-order chi connectivity index (χ1) is 10.7. The lowest BCUT2D eigenvalue weighted by Crippen LogP contribution is -2.07. The number of hydrogen-bond acceptors (Lipinski definition) is 4. The van der Waals surface area contributed by atoms with Crippen LogP contribution in [0.5, 0.6) is 11.5 Å². The molecule has 0 spiro atoms. The normalized spacial score (nSPS) is 10.7. The number of benzene rings is 2. The third-order valence-electron chi connectivity index (χ3n) is 3.39. The molecular formula is C17H13IO4. The van der Waals surface area contributed by atoms with Crippen LogP contribution in [-0.2, 0) is 0 Å². The lowest BCUT2D eigenvalue weighted by molar-refractivity contribution is 0.355. The van der Waals surface area contributed by atoms with E-state index in [1.165, 1.54) is 0 Å². The van der Waals surface area contributed by atoms with E-state index in [0.717, 1.165) is 5.56 Å². The van der Waals surface area contributed by atoms with Crippen LogP contribution >= 0.6 is 22.6 Å². The zero-order valence-electron chi connectivity index (χ0n) is 12.1.